The van der Waals surface area contributed by atoms with Crippen molar-refractivity contribution in [3.8, 4) is 11.5 Å². The van der Waals surface area contributed by atoms with Crippen LogP contribution in [0.3, 0.4) is 0 Å². The first-order valence-electron chi connectivity index (χ1n) is 12.9. The SMILES string of the molecule is Cc1cc(OCC2(CC(=O)N3CCN(C)CC3)CCN(C(=O)c3ccc(OC(F)(F)F)cc3)CC2)ccc1Cl. The molecule has 0 aliphatic carbocycles. The molecule has 2 aliphatic heterocycles. The molecule has 212 valence electrons. The minimum absolute atomic E-state index is 0.0824. The maximum absolute atomic E-state index is 13.3. The van der Waals surface area contributed by atoms with Crippen LogP contribution in [0.1, 0.15) is 35.2 Å². The second-order valence-corrected chi connectivity index (χ2v) is 10.8. The number of nitrogens with zero attached hydrogens (tertiary/aromatic N) is 3. The van der Waals surface area contributed by atoms with Gasteiger partial charge in [0.05, 0.1) is 6.61 Å². The molecule has 0 spiro atoms. The van der Waals surface area contributed by atoms with Crippen LogP contribution in [0.4, 0.5) is 13.2 Å². The van der Waals surface area contributed by atoms with E-state index in [4.69, 9.17) is 16.3 Å². The maximum atomic E-state index is 13.3. The van der Waals surface area contributed by atoms with Gasteiger partial charge in [0.2, 0.25) is 5.91 Å². The molecule has 2 amide bonds. The van der Waals surface area contributed by atoms with Crippen LogP contribution in [0.25, 0.3) is 0 Å². The fraction of sp³-hybridized carbons (Fsp3) is 0.500. The summed E-state index contributed by atoms with van der Waals surface area (Å²) in [6.45, 7) is 6.04. The molecular weight excluding hydrogens is 535 g/mol. The van der Waals surface area contributed by atoms with Crippen molar-refractivity contribution >= 4 is 23.4 Å². The normalized spacial score (nSPS) is 18.1. The molecule has 7 nitrogen and oxygen atoms in total. The Morgan fingerprint density at radius 3 is 2.13 bits per heavy atom. The third-order valence-electron chi connectivity index (χ3n) is 7.50. The zero-order valence-corrected chi connectivity index (χ0v) is 22.9. The summed E-state index contributed by atoms with van der Waals surface area (Å²) < 4.78 is 47.4. The minimum Gasteiger partial charge on any atom is -0.493 e. The van der Waals surface area contributed by atoms with Gasteiger partial charge in [0.1, 0.15) is 11.5 Å². The highest BCUT2D eigenvalue weighted by atomic mass is 35.5. The first-order chi connectivity index (χ1) is 18.4. The number of hydrogen-bond donors (Lipinski definition) is 0. The fourth-order valence-electron chi connectivity index (χ4n) is 4.97. The topological polar surface area (TPSA) is 62.3 Å². The molecule has 0 unspecified atom stereocenters. The van der Waals surface area contributed by atoms with Crippen molar-refractivity contribution in [3.05, 3.63) is 58.6 Å². The largest absolute Gasteiger partial charge is 0.573 e. The highest BCUT2D eigenvalue weighted by Gasteiger charge is 2.40. The fourth-order valence-corrected chi connectivity index (χ4v) is 5.09. The number of carbonyl (C=O) groups excluding carboxylic acids is 2. The molecule has 2 aromatic rings. The Labute approximate surface area is 231 Å². The minimum atomic E-state index is -4.80. The lowest BCUT2D eigenvalue weighted by molar-refractivity contribution is -0.274. The van der Waals surface area contributed by atoms with Crippen LogP contribution in [0.2, 0.25) is 5.02 Å². The molecule has 0 N–H and O–H groups in total. The van der Waals surface area contributed by atoms with Crippen molar-refractivity contribution < 1.29 is 32.2 Å². The van der Waals surface area contributed by atoms with Gasteiger partial charge in [0.25, 0.3) is 5.91 Å². The average molecular weight is 568 g/mol. The summed E-state index contributed by atoms with van der Waals surface area (Å²) in [6.07, 6.45) is -3.37. The van der Waals surface area contributed by atoms with Crippen LogP contribution in [-0.4, -0.2) is 85.8 Å². The first kappa shape index (κ1) is 29.0. The second kappa shape index (κ2) is 12.0. The Bertz CT molecular complexity index is 1160. The number of alkyl halides is 3. The lowest BCUT2D eigenvalue weighted by Crippen LogP contribution is -2.51. The number of piperidine rings is 1. The molecule has 2 saturated heterocycles. The molecule has 2 aromatic carbocycles. The van der Waals surface area contributed by atoms with E-state index in [1.807, 2.05) is 24.9 Å². The van der Waals surface area contributed by atoms with Crippen LogP contribution in [0, 0.1) is 12.3 Å². The van der Waals surface area contributed by atoms with E-state index in [1.54, 1.807) is 17.0 Å². The van der Waals surface area contributed by atoms with Crippen LogP contribution < -0.4 is 9.47 Å². The van der Waals surface area contributed by atoms with E-state index in [-0.39, 0.29) is 23.1 Å². The lowest BCUT2D eigenvalue weighted by Gasteiger charge is -2.42. The van der Waals surface area contributed by atoms with Gasteiger partial charge in [-0.25, -0.2) is 0 Å². The number of amides is 2. The second-order valence-electron chi connectivity index (χ2n) is 10.4. The van der Waals surface area contributed by atoms with Gasteiger partial charge in [-0.15, -0.1) is 13.2 Å². The van der Waals surface area contributed by atoms with E-state index in [0.717, 1.165) is 30.8 Å². The molecular formula is C28H33ClF3N3O4. The smallest absolute Gasteiger partial charge is 0.493 e. The van der Waals surface area contributed by atoms with Crippen molar-refractivity contribution in [2.45, 2.75) is 32.5 Å². The number of rotatable bonds is 7. The predicted octanol–water partition coefficient (Wildman–Crippen LogP) is 5.01. The molecule has 0 saturated carbocycles. The summed E-state index contributed by atoms with van der Waals surface area (Å²) in [4.78, 5) is 32.2. The third kappa shape index (κ3) is 7.79. The molecule has 0 atom stereocenters. The highest BCUT2D eigenvalue weighted by molar-refractivity contribution is 6.31. The van der Waals surface area contributed by atoms with Gasteiger partial charge in [-0.1, -0.05) is 11.6 Å². The summed E-state index contributed by atoms with van der Waals surface area (Å²) >= 11 is 6.15. The van der Waals surface area contributed by atoms with Crippen LogP contribution in [-0.2, 0) is 4.79 Å². The van der Waals surface area contributed by atoms with Crippen molar-refractivity contribution in [2.24, 2.45) is 5.41 Å². The van der Waals surface area contributed by atoms with Crippen molar-refractivity contribution in [3.63, 3.8) is 0 Å². The molecule has 2 fully saturated rings. The molecule has 39 heavy (non-hydrogen) atoms. The Morgan fingerprint density at radius 1 is 0.923 bits per heavy atom. The number of piperazine rings is 1. The summed E-state index contributed by atoms with van der Waals surface area (Å²) in [5.41, 5.74) is 0.706. The van der Waals surface area contributed by atoms with Gasteiger partial charge in [-0.05, 0) is 74.8 Å². The van der Waals surface area contributed by atoms with Gasteiger partial charge < -0.3 is 24.2 Å². The number of likely N-dealkylation sites (N-methyl/N-ethyl adjacent to an activating group) is 1. The van der Waals surface area contributed by atoms with E-state index >= 15 is 0 Å². The van der Waals surface area contributed by atoms with E-state index in [2.05, 4.69) is 9.64 Å². The third-order valence-corrected chi connectivity index (χ3v) is 7.93. The molecule has 0 bridgehead atoms. The number of likely N-dealkylation sites (tertiary alicyclic amines) is 1. The van der Waals surface area contributed by atoms with Gasteiger partial charge >= 0.3 is 6.36 Å². The Hall–Kier alpha value is -2.98. The van der Waals surface area contributed by atoms with Crippen LogP contribution in [0.15, 0.2) is 42.5 Å². The molecule has 4 rings (SSSR count). The molecule has 2 heterocycles. The van der Waals surface area contributed by atoms with Crippen molar-refractivity contribution in [2.75, 3.05) is 52.9 Å². The maximum Gasteiger partial charge on any atom is 0.573 e. The number of halogens is 4. The Balaban J connectivity index is 1.43. The summed E-state index contributed by atoms with van der Waals surface area (Å²) in [6, 6.07) is 10.4. The van der Waals surface area contributed by atoms with E-state index < -0.39 is 11.8 Å². The standard InChI is InChI=1S/C28H33ClF3N3O4/c1-20-17-23(7-8-24(20)29)38-19-27(18-25(36)34-15-13-33(2)14-16-34)9-11-35(12-10-27)26(37)21-3-5-22(6-4-21)39-28(30,31)32/h3-8,17H,9-16,18-19H2,1-2H3. The molecule has 0 aromatic heterocycles. The number of ether oxygens (including phenoxy) is 2. The average Bonchev–Trinajstić information content (AvgIpc) is 2.89. The number of carbonyl (C=O) groups is 2. The molecule has 0 radical (unpaired) electrons. The van der Waals surface area contributed by atoms with Gasteiger partial charge in [0.15, 0.2) is 0 Å². The monoisotopic (exact) mass is 567 g/mol. The molecule has 2 aliphatic rings. The zero-order chi connectivity index (χ0) is 28.2. The van der Waals surface area contributed by atoms with Crippen LogP contribution >= 0.6 is 11.6 Å². The summed E-state index contributed by atoms with van der Waals surface area (Å²) in [7, 11) is 2.04. The van der Waals surface area contributed by atoms with Gasteiger partial charge in [0, 0.05) is 61.7 Å². The van der Waals surface area contributed by atoms with E-state index in [0.29, 0.717) is 62.8 Å². The summed E-state index contributed by atoms with van der Waals surface area (Å²) in [5.74, 6) is 0.0949. The number of benzene rings is 2. The van der Waals surface area contributed by atoms with Crippen LogP contribution in [0.5, 0.6) is 11.5 Å². The Morgan fingerprint density at radius 2 is 1.54 bits per heavy atom. The molecule has 11 heteroatoms. The van der Waals surface area contributed by atoms with Gasteiger partial charge in [-0.3, -0.25) is 9.59 Å². The first-order valence-corrected chi connectivity index (χ1v) is 13.3. The van der Waals surface area contributed by atoms with E-state index in [9.17, 15) is 22.8 Å². The van der Waals surface area contributed by atoms with Crippen molar-refractivity contribution in [1.82, 2.24) is 14.7 Å². The lowest BCUT2D eigenvalue weighted by atomic mass is 9.75. The van der Waals surface area contributed by atoms with Crippen molar-refractivity contribution in [1.29, 1.82) is 0 Å². The highest BCUT2D eigenvalue weighted by Crippen LogP contribution is 2.37. The quantitative estimate of drug-likeness (QED) is 0.471. The van der Waals surface area contributed by atoms with Gasteiger partial charge in [-0.2, -0.15) is 0 Å². The van der Waals surface area contributed by atoms with E-state index in [1.165, 1.54) is 12.1 Å². The number of hydrogen-bond acceptors (Lipinski definition) is 5. The summed E-state index contributed by atoms with van der Waals surface area (Å²) in [5, 5.41) is 0.645. The zero-order valence-electron chi connectivity index (χ0n) is 22.1. The Kier molecular flexibility index (Phi) is 8.96. The number of aryl methyl sites for hydroxylation is 1. The predicted molar refractivity (Wildman–Crippen MR) is 141 cm³/mol.